The number of nitrogens with one attached hydrogen (secondary N) is 1. The Balaban J connectivity index is 2.15. The number of fused-ring (bicyclic) bond motifs is 1. The number of hydrogen-bond donors (Lipinski definition) is 1. The van der Waals surface area contributed by atoms with Gasteiger partial charge in [0.1, 0.15) is 0 Å². The number of aromatic amines is 1. The number of aromatic nitrogens is 2. The minimum Gasteiger partial charge on any atom is -0.278 e. The van der Waals surface area contributed by atoms with Crippen LogP contribution < -0.4 is 0 Å². The normalized spacial score (nSPS) is 11.8. The third kappa shape index (κ3) is 2.02. The summed E-state index contributed by atoms with van der Waals surface area (Å²) >= 11 is 0. The summed E-state index contributed by atoms with van der Waals surface area (Å²) in [5, 5.41) is 7.56. The minimum atomic E-state index is -3.47. The van der Waals surface area contributed by atoms with Gasteiger partial charge in [-0.15, -0.1) is 0 Å². The Bertz CT molecular complexity index is 833. The summed E-state index contributed by atoms with van der Waals surface area (Å²) in [6.07, 6.45) is 1.66. The maximum atomic E-state index is 12.5. The molecule has 0 unspecified atom stereocenters. The standard InChI is InChI=1S/C14H12N2O2S/c1-10-2-5-12(6-3-10)19(17,18)13-7-4-11-9-15-16-14(11)8-13/h2-9H,1H3,(H,15,16). The van der Waals surface area contributed by atoms with E-state index in [9.17, 15) is 8.42 Å². The fourth-order valence-electron chi connectivity index (χ4n) is 1.94. The van der Waals surface area contributed by atoms with E-state index in [4.69, 9.17) is 0 Å². The van der Waals surface area contributed by atoms with Crippen molar-refractivity contribution in [2.45, 2.75) is 16.7 Å². The first-order chi connectivity index (χ1) is 9.07. The molecule has 5 heteroatoms. The van der Waals surface area contributed by atoms with Crippen LogP contribution in [0.1, 0.15) is 5.56 Å². The zero-order valence-electron chi connectivity index (χ0n) is 10.3. The highest BCUT2D eigenvalue weighted by molar-refractivity contribution is 7.91. The van der Waals surface area contributed by atoms with E-state index < -0.39 is 9.84 Å². The number of nitrogens with zero attached hydrogens (tertiary/aromatic N) is 1. The van der Waals surface area contributed by atoms with Crippen LogP contribution in [-0.2, 0) is 9.84 Å². The Hall–Kier alpha value is -2.14. The predicted molar refractivity (Wildman–Crippen MR) is 72.7 cm³/mol. The molecular formula is C14H12N2O2S. The molecular weight excluding hydrogens is 260 g/mol. The van der Waals surface area contributed by atoms with Gasteiger partial charge in [-0.1, -0.05) is 17.7 Å². The molecule has 3 aromatic rings. The van der Waals surface area contributed by atoms with Crippen LogP contribution >= 0.6 is 0 Å². The van der Waals surface area contributed by atoms with Crippen LogP contribution in [0.4, 0.5) is 0 Å². The Labute approximate surface area is 111 Å². The second-order valence-corrected chi connectivity index (χ2v) is 6.39. The van der Waals surface area contributed by atoms with E-state index >= 15 is 0 Å². The van der Waals surface area contributed by atoms with Crippen molar-refractivity contribution in [1.82, 2.24) is 10.2 Å². The number of benzene rings is 2. The molecule has 3 rings (SSSR count). The van der Waals surface area contributed by atoms with Crippen LogP contribution in [0, 0.1) is 6.92 Å². The molecule has 1 N–H and O–H groups in total. The molecule has 0 amide bonds. The smallest absolute Gasteiger partial charge is 0.206 e. The highest BCUT2D eigenvalue weighted by Gasteiger charge is 2.17. The SMILES string of the molecule is Cc1ccc(S(=O)(=O)c2ccc3cn[nH]c3c2)cc1. The molecule has 4 nitrogen and oxygen atoms in total. The summed E-state index contributed by atoms with van der Waals surface area (Å²) in [6.45, 7) is 1.92. The molecule has 0 bridgehead atoms. The van der Waals surface area contributed by atoms with Gasteiger partial charge in [0, 0.05) is 5.39 Å². The number of sulfone groups is 1. The van der Waals surface area contributed by atoms with Crippen molar-refractivity contribution in [1.29, 1.82) is 0 Å². The van der Waals surface area contributed by atoms with Gasteiger partial charge in [-0.3, -0.25) is 5.10 Å². The molecule has 0 saturated heterocycles. The van der Waals surface area contributed by atoms with Crippen molar-refractivity contribution in [2.75, 3.05) is 0 Å². The molecule has 1 heterocycles. The van der Waals surface area contributed by atoms with Gasteiger partial charge in [-0.2, -0.15) is 5.10 Å². The van der Waals surface area contributed by atoms with Crippen LogP contribution in [0.25, 0.3) is 10.9 Å². The lowest BCUT2D eigenvalue weighted by Crippen LogP contribution is -2.01. The zero-order valence-corrected chi connectivity index (χ0v) is 11.1. The fraction of sp³-hybridized carbons (Fsp3) is 0.0714. The molecule has 0 aliphatic carbocycles. The van der Waals surface area contributed by atoms with Gasteiger partial charge in [-0.05, 0) is 37.3 Å². The van der Waals surface area contributed by atoms with E-state index in [1.54, 1.807) is 48.7 Å². The summed E-state index contributed by atoms with van der Waals surface area (Å²) in [5.74, 6) is 0. The van der Waals surface area contributed by atoms with Gasteiger partial charge in [0.05, 0.1) is 21.5 Å². The van der Waals surface area contributed by atoms with E-state index in [1.165, 1.54) is 0 Å². The van der Waals surface area contributed by atoms with Crippen LogP contribution in [0.5, 0.6) is 0 Å². The summed E-state index contributed by atoms with van der Waals surface area (Å²) in [7, 11) is -3.47. The van der Waals surface area contributed by atoms with Gasteiger partial charge in [0.15, 0.2) is 0 Å². The highest BCUT2D eigenvalue weighted by atomic mass is 32.2. The quantitative estimate of drug-likeness (QED) is 0.780. The van der Waals surface area contributed by atoms with Gasteiger partial charge in [0.25, 0.3) is 0 Å². The molecule has 0 aliphatic rings. The van der Waals surface area contributed by atoms with Gasteiger partial charge >= 0.3 is 0 Å². The largest absolute Gasteiger partial charge is 0.278 e. The maximum Gasteiger partial charge on any atom is 0.206 e. The number of H-pyrrole nitrogens is 1. The average molecular weight is 272 g/mol. The van der Waals surface area contributed by atoms with E-state index in [2.05, 4.69) is 10.2 Å². The number of hydrogen-bond acceptors (Lipinski definition) is 3. The summed E-state index contributed by atoms with van der Waals surface area (Å²) in [4.78, 5) is 0.574. The minimum absolute atomic E-state index is 0.271. The Morgan fingerprint density at radius 2 is 1.68 bits per heavy atom. The van der Waals surface area contributed by atoms with Crippen molar-refractivity contribution < 1.29 is 8.42 Å². The summed E-state index contributed by atoms with van der Waals surface area (Å²) in [6, 6.07) is 11.8. The first kappa shape index (κ1) is 11.9. The molecule has 0 atom stereocenters. The monoisotopic (exact) mass is 272 g/mol. The maximum absolute atomic E-state index is 12.5. The molecule has 0 aliphatic heterocycles. The zero-order chi connectivity index (χ0) is 13.5. The molecule has 0 fully saturated rings. The number of aryl methyl sites for hydroxylation is 1. The van der Waals surface area contributed by atoms with E-state index in [-0.39, 0.29) is 4.90 Å². The van der Waals surface area contributed by atoms with Crippen LogP contribution in [0.15, 0.2) is 58.5 Å². The predicted octanol–water partition coefficient (Wildman–Crippen LogP) is 2.70. The van der Waals surface area contributed by atoms with Gasteiger partial charge in [-0.25, -0.2) is 8.42 Å². The summed E-state index contributed by atoms with van der Waals surface area (Å²) in [5.41, 5.74) is 1.75. The summed E-state index contributed by atoms with van der Waals surface area (Å²) < 4.78 is 25.0. The molecule has 19 heavy (non-hydrogen) atoms. The average Bonchev–Trinajstić information content (AvgIpc) is 2.86. The Kier molecular flexibility index (Phi) is 2.64. The third-order valence-corrected chi connectivity index (χ3v) is 4.82. The molecule has 0 spiro atoms. The Morgan fingerprint density at radius 3 is 2.42 bits per heavy atom. The second kappa shape index (κ2) is 4.20. The van der Waals surface area contributed by atoms with Crippen LogP contribution in [0.2, 0.25) is 0 Å². The van der Waals surface area contributed by atoms with Crippen molar-refractivity contribution in [3.8, 4) is 0 Å². The molecule has 2 aromatic carbocycles. The van der Waals surface area contributed by atoms with Crippen molar-refractivity contribution in [3.63, 3.8) is 0 Å². The lowest BCUT2D eigenvalue weighted by atomic mass is 10.2. The highest BCUT2D eigenvalue weighted by Crippen LogP contribution is 2.23. The lowest BCUT2D eigenvalue weighted by Gasteiger charge is -2.05. The topological polar surface area (TPSA) is 62.8 Å². The van der Waals surface area contributed by atoms with E-state index in [1.807, 2.05) is 6.92 Å². The van der Waals surface area contributed by atoms with Crippen molar-refractivity contribution in [2.24, 2.45) is 0 Å². The lowest BCUT2D eigenvalue weighted by molar-refractivity contribution is 0.596. The van der Waals surface area contributed by atoms with E-state index in [0.717, 1.165) is 10.9 Å². The molecule has 0 radical (unpaired) electrons. The first-order valence-electron chi connectivity index (χ1n) is 5.82. The van der Waals surface area contributed by atoms with Crippen LogP contribution in [0.3, 0.4) is 0 Å². The fourth-order valence-corrected chi connectivity index (χ4v) is 3.22. The van der Waals surface area contributed by atoms with Crippen LogP contribution in [-0.4, -0.2) is 18.6 Å². The first-order valence-corrected chi connectivity index (χ1v) is 7.30. The Morgan fingerprint density at radius 1 is 1.00 bits per heavy atom. The second-order valence-electron chi connectivity index (χ2n) is 4.44. The van der Waals surface area contributed by atoms with E-state index in [0.29, 0.717) is 10.4 Å². The number of rotatable bonds is 2. The van der Waals surface area contributed by atoms with Gasteiger partial charge in [0.2, 0.25) is 9.84 Å². The van der Waals surface area contributed by atoms with Crippen molar-refractivity contribution >= 4 is 20.7 Å². The molecule has 1 aromatic heterocycles. The third-order valence-electron chi connectivity index (χ3n) is 3.05. The van der Waals surface area contributed by atoms with Crippen molar-refractivity contribution in [3.05, 3.63) is 54.2 Å². The molecule has 0 saturated carbocycles. The molecule has 96 valence electrons. The van der Waals surface area contributed by atoms with Gasteiger partial charge < -0.3 is 0 Å².